The number of aromatic nitrogens is 2. The highest BCUT2D eigenvalue weighted by molar-refractivity contribution is 6.07. The second-order valence-corrected chi connectivity index (χ2v) is 23.1. The number of nitrogens with two attached hydrogens (primary N) is 1. The first-order valence-electron chi connectivity index (χ1n) is 29.4. The monoisotopic (exact) mass is 1270 g/mol. The number of nitrogens with one attached hydrogen (secondary N) is 10. The van der Waals surface area contributed by atoms with E-state index in [-0.39, 0.29) is 19.4 Å². The second-order valence-electron chi connectivity index (χ2n) is 23.1. The Labute approximate surface area is 519 Å². The fourth-order valence-corrected chi connectivity index (χ4v) is 10.9. The smallest absolute Gasteiger partial charge is 0.331 e. The molecule has 32 heteroatoms. The fraction of sp³-hybridized carbons (Fsp3) is 0.492. The van der Waals surface area contributed by atoms with E-state index >= 15 is 14.4 Å². The number of amides is 10. The third kappa shape index (κ3) is 16.2. The summed E-state index contributed by atoms with van der Waals surface area (Å²) in [5.74, 6) is -16.5. The van der Waals surface area contributed by atoms with Gasteiger partial charge >= 0.3 is 11.9 Å². The maximum atomic E-state index is 15.3. The van der Waals surface area contributed by atoms with Crippen molar-refractivity contribution in [2.45, 2.75) is 152 Å². The number of aliphatic carboxylic acids is 1. The summed E-state index contributed by atoms with van der Waals surface area (Å²) < 4.78 is 5.70. The summed E-state index contributed by atoms with van der Waals surface area (Å²) in [5.41, 5.74) is 7.01. The number of carboxylic acids is 1. The van der Waals surface area contributed by atoms with Crippen molar-refractivity contribution in [1.29, 1.82) is 0 Å². The van der Waals surface area contributed by atoms with Crippen LogP contribution in [0.3, 0.4) is 0 Å². The number of fused-ring (bicyclic) bond motifs is 4. The van der Waals surface area contributed by atoms with Crippen LogP contribution in [0.15, 0.2) is 66.6 Å². The lowest BCUT2D eigenvalue weighted by atomic mass is 9.91. The fourth-order valence-electron chi connectivity index (χ4n) is 10.9. The molecule has 91 heavy (non-hydrogen) atoms. The lowest BCUT2D eigenvalue weighted by Gasteiger charge is -2.35. The summed E-state index contributed by atoms with van der Waals surface area (Å²) in [5, 5.41) is 85.0. The van der Waals surface area contributed by atoms with E-state index in [1.807, 2.05) is 0 Å². The molecule has 3 aliphatic rings. The first kappa shape index (κ1) is 69.1. The number of carboxylic acid groups (broad SMARTS) is 1. The summed E-state index contributed by atoms with van der Waals surface area (Å²) in [7, 11) is 0. The van der Waals surface area contributed by atoms with Gasteiger partial charge in [0.2, 0.25) is 53.2 Å². The number of para-hydroxylation sites is 2. The molecule has 4 aromatic rings. The minimum atomic E-state index is -2.19. The first-order chi connectivity index (χ1) is 43.0. The number of nitrogens with zero attached hydrogens (tertiary/aromatic N) is 2. The van der Waals surface area contributed by atoms with Gasteiger partial charge in [0.05, 0.1) is 44.0 Å². The number of aromatic amines is 2. The van der Waals surface area contributed by atoms with E-state index in [1.54, 1.807) is 61.7 Å². The molecule has 5 heterocycles. The number of ether oxygens (including phenoxy) is 1. The molecule has 15 atom stereocenters. The summed E-state index contributed by atoms with van der Waals surface area (Å²) >= 11 is 0. The van der Waals surface area contributed by atoms with Gasteiger partial charge in [0.1, 0.15) is 60.1 Å². The number of hydrogen-bond acceptors (Lipinski definition) is 19. The van der Waals surface area contributed by atoms with Gasteiger partial charge in [-0.2, -0.15) is 0 Å². The molecule has 18 N–H and O–H groups in total. The van der Waals surface area contributed by atoms with Gasteiger partial charge in [0, 0.05) is 58.8 Å². The molecular weight excluding hydrogens is 1190 g/mol. The van der Waals surface area contributed by atoms with E-state index in [2.05, 4.69) is 52.5 Å². The van der Waals surface area contributed by atoms with Gasteiger partial charge < -0.3 is 103 Å². The van der Waals surface area contributed by atoms with Gasteiger partial charge in [0.25, 0.3) is 5.91 Å². The number of H-pyrrole nitrogens is 2. The highest BCUT2D eigenvalue weighted by Gasteiger charge is 2.49. The molecule has 0 bridgehead atoms. The Morgan fingerprint density at radius 2 is 1.33 bits per heavy atom. The largest absolute Gasteiger partial charge is 0.480 e. The Bertz CT molecular complexity index is 3460. The van der Waals surface area contributed by atoms with Crippen LogP contribution in [-0.2, 0) is 62.3 Å². The predicted octanol–water partition coefficient (Wildman–Crippen LogP) is -4.98. The van der Waals surface area contributed by atoms with Crippen molar-refractivity contribution in [1.82, 2.24) is 62.3 Å². The van der Waals surface area contributed by atoms with Crippen LogP contribution < -0.4 is 48.3 Å². The van der Waals surface area contributed by atoms with Gasteiger partial charge in [-0.25, -0.2) is 4.79 Å². The van der Waals surface area contributed by atoms with Gasteiger partial charge in [-0.1, -0.05) is 57.2 Å². The number of hydrogen-bond donors (Lipinski definition) is 17. The third-order valence-corrected chi connectivity index (χ3v) is 16.2. The summed E-state index contributed by atoms with van der Waals surface area (Å²) in [4.78, 5) is 176. The average Bonchev–Trinajstić information content (AvgIpc) is 1.96. The zero-order valence-electron chi connectivity index (χ0n) is 50.5. The van der Waals surface area contributed by atoms with Crippen molar-refractivity contribution in [2.24, 2.45) is 11.7 Å². The Balaban J connectivity index is 1.31. The van der Waals surface area contributed by atoms with Crippen LogP contribution in [0.25, 0.3) is 27.9 Å². The molecule has 0 saturated carbocycles. The number of esters is 1. The van der Waals surface area contributed by atoms with Crippen LogP contribution in [0.5, 0.6) is 0 Å². The quantitative estimate of drug-likeness (QED) is 0.0440. The van der Waals surface area contributed by atoms with E-state index < -0.39 is 200 Å². The number of carbonyl (C=O) groups is 12. The van der Waals surface area contributed by atoms with Crippen molar-refractivity contribution in [3.63, 3.8) is 0 Å². The molecule has 3 fully saturated rings. The van der Waals surface area contributed by atoms with Crippen LogP contribution in [0.1, 0.15) is 77.8 Å². The normalized spacial score (nSPS) is 27.0. The van der Waals surface area contributed by atoms with Crippen LogP contribution in [0, 0.1) is 5.92 Å². The SMILES string of the molecule is CC(c1c[nH]c2ccccc12)[C@@H]1NC(=O)/C(=C/c2c[nH]c3ccccc23)NC(=O)[C@@H]2[C@@H](O)CCN2C(=O)CNC(=O)[C@H](C)NC(=O)[C@H]([C@H](C)O)NC(=O)[C@@H](NC(=O)[C@H](CO)NC(=O)C[C@H](N)C(=O)O)[C@@H](C)OC(=O)[C@@H]2[C@H](O)CCN2C(=O)[C@H]([C@@H](O)C(C)C)NC1=O. The number of cyclic esters (lactones) is 1. The van der Waals surface area contributed by atoms with Crippen LogP contribution in [-0.4, -0.2) is 233 Å². The number of aliphatic hydroxyl groups excluding tert-OH is 5. The van der Waals surface area contributed by atoms with Crippen molar-refractivity contribution in [2.75, 3.05) is 26.2 Å². The van der Waals surface area contributed by atoms with Crippen molar-refractivity contribution < 1.29 is 92.9 Å². The van der Waals surface area contributed by atoms with Gasteiger partial charge in [-0.15, -0.1) is 0 Å². The third-order valence-electron chi connectivity index (χ3n) is 16.2. The predicted molar refractivity (Wildman–Crippen MR) is 319 cm³/mol. The minimum Gasteiger partial charge on any atom is -0.480 e. The molecular formula is C59H77N13O19. The van der Waals surface area contributed by atoms with Crippen molar-refractivity contribution in [3.8, 4) is 0 Å². The number of rotatable bonds is 13. The first-order valence-corrected chi connectivity index (χ1v) is 29.4. The maximum absolute atomic E-state index is 15.3. The molecule has 3 saturated heterocycles. The van der Waals surface area contributed by atoms with Gasteiger partial charge in [-0.05, 0) is 63.3 Å². The second kappa shape index (κ2) is 30.0. The topological polar surface area (TPSA) is 496 Å². The molecule has 2 aromatic carbocycles. The Morgan fingerprint density at radius 1 is 0.736 bits per heavy atom. The molecule has 7 rings (SSSR count). The summed E-state index contributed by atoms with van der Waals surface area (Å²) in [6.07, 6.45) is -5.75. The van der Waals surface area contributed by atoms with Crippen molar-refractivity contribution in [3.05, 3.63) is 77.7 Å². The number of carbonyl (C=O) groups excluding carboxylic acids is 11. The molecule has 492 valence electrons. The maximum Gasteiger partial charge on any atom is 0.331 e. The molecule has 32 nitrogen and oxygen atoms in total. The number of benzene rings is 2. The van der Waals surface area contributed by atoms with E-state index in [1.165, 1.54) is 26.1 Å². The number of aliphatic hydroxyl groups is 5. The molecule has 10 amide bonds. The van der Waals surface area contributed by atoms with Gasteiger partial charge in [-0.3, -0.25) is 52.7 Å². The molecule has 0 aliphatic carbocycles. The lowest BCUT2D eigenvalue weighted by molar-refractivity contribution is -0.164. The molecule has 0 radical (unpaired) electrons. The van der Waals surface area contributed by atoms with E-state index in [0.717, 1.165) is 30.6 Å². The molecule has 3 aliphatic heterocycles. The van der Waals surface area contributed by atoms with Gasteiger partial charge in [0.15, 0.2) is 6.04 Å². The highest BCUT2D eigenvalue weighted by Crippen LogP contribution is 2.30. The van der Waals surface area contributed by atoms with E-state index in [4.69, 9.17) is 10.5 Å². The molecule has 1 unspecified atom stereocenters. The summed E-state index contributed by atoms with van der Waals surface area (Å²) in [6, 6.07) is -2.95. The molecule has 2 aromatic heterocycles. The highest BCUT2D eigenvalue weighted by atomic mass is 16.5. The Hall–Kier alpha value is -9.34. The summed E-state index contributed by atoms with van der Waals surface area (Å²) in [6.45, 7) is 5.13. The van der Waals surface area contributed by atoms with Crippen LogP contribution >= 0.6 is 0 Å². The van der Waals surface area contributed by atoms with Crippen LogP contribution in [0.4, 0.5) is 0 Å². The average molecular weight is 1270 g/mol. The lowest BCUT2D eigenvalue weighted by Crippen LogP contribution is -2.64. The Kier molecular flexibility index (Phi) is 22.8. The molecule has 0 spiro atoms. The van der Waals surface area contributed by atoms with E-state index in [9.17, 15) is 73.8 Å². The zero-order valence-corrected chi connectivity index (χ0v) is 50.5. The minimum absolute atomic E-state index is 0.153. The van der Waals surface area contributed by atoms with E-state index in [0.29, 0.717) is 32.9 Å². The zero-order chi connectivity index (χ0) is 66.9. The van der Waals surface area contributed by atoms with Crippen LogP contribution in [0.2, 0.25) is 0 Å². The Morgan fingerprint density at radius 3 is 1.97 bits per heavy atom. The standard InChI is InChI=1S/C59H77N13O19/c1-25(2)49(79)46-57(87)72-18-16-40(76)48(72)59(90)91-29(6)45(69-52(82)38(24-73)65-41(77)20-34(60)58(88)89)55(85)68-44(28(5)74)54(84)64-27(4)50(80)63-23-42(78)71-17-15-39(75)47(71)56(86)66-37(19-30-21-61-35-13-9-7-11-31(30)35)51(81)67-43(53(83)70-46)26(3)33-22-62-36-14-10-8-12-32(33)36/h7-14,19,21-22,25-29,34,38-40,43-49,61-62,73-76,79H,15-18,20,23-24,60H2,1-6H3,(H,63,80)(H,64,84)(H,65,77)(H,66,86)(H,67,81)(H,68,85)(H,69,82)(H,70,83)(H,88,89)/b37-19-/t26?,27-,28-,29+,34-,38-,39-,40+,43-,44-,45-,46-,47-,48-,49-/m0/s1. The van der Waals surface area contributed by atoms with Crippen molar-refractivity contribution >= 4 is 98.9 Å².